The lowest BCUT2D eigenvalue weighted by molar-refractivity contribution is -0.118. The average molecular weight is 413 g/mol. The first-order valence-electron chi connectivity index (χ1n) is 10.1. The van der Waals surface area contributed by atoms with Crippen LogP contribution >= 0.6 is 0 Å². The summed E-state index contributed by atoms with van der Waals surface area (Å²) in [7, 11) is 3.28. The molecular formula is C23H32N4O3. The average Bonchev–Trinajstić information content (AvgIpc) is 2.76. The van der Waals surface area contributed by atoms with E-state index in [1.54, 1.807) is 14.2 Å². The third-order valence-corrected chi connectivity index (χ3v) is 4.45. The third kappa shape index (κ3) is 6.99. The van der Waals surface area contributed by atoms with E-state index in [0.717, 1.165) is 34.9 Å². The predicted octanol–water partition coefficient (Wildman–Crippen LogP) is 3.55. The SMILES string of the molecule is CCNC(=NCc1ccc(NC(=O)C(C)C)cc1)NCc1ccc(OC)cc1OC. The Kier molecular flexibility index (Phi) is 9.00. The minimum Gasteiger partial charge on any atom is -0.497 e. The zero-order valence-electron chi connectivity index (χ0n) is 18.4. The number of amides is 1. The van der Waals surface area contributed by atoms with Crippen LogP contribution in [0.15, 0.2) is 47.5 Å². The van der Waals surface area contributed by atoms with Crippen molar-refractivity contribution < 1.29 is 14.3 Å². The minimum atomic E-state index is -0.0487. The standard InChI is InChI=1S/C23H32N4O3/c1-6-24-23(26-15-18-9-12-20(29-4)13-21(18)30-5)25-14-17-7-10-19(11-8-17)27-22(28)16(2)3/h7-13,16H,6,14-15H2,1-5H3,(H,27,28)(H2,24,25,26). The number of hydrogen-bond donors (Lipinski definition) is 3. The zero-order valence-corrected chi connectivity index (χ0v) is 18.4. The lowest BCUT2D eigenvalue weighted by Gasteiger charge is -2.14. The van der Waals surface area contributed by atoms with E-state index in [-0.39, 0.29) is 11.8 Å². The van der Waals surface area contributed by atoms with Crippen LogP contribution in [0, 0.1) is 5.92 Å². The van der Waals surface area contributed by atoms with Gasteiger partial charge in [0.1, 0.15) is 11.5 Å². The van der Waals surface area contributed by atoms with Crippen LogP contribution in [-0.4, -0.2) is 32.6 Å². The fourth-order valence-electron chi connectivity index (χ4n) is 2.67. The lowest BCUT2D eigenvalue weighted by atomic mass is 10.1. The number of hydrogen-bond acceptors (Lipinski definition) is 4. The van der Waals surface area contributed by atoms with E-state index in [9.17, 15) is 4.79 Å². The molecule has 0 radical (unpaired) electrons. The number of carbonyl (C=O) groups is 1. The highest BCUT2D eigenvalue weighted by Crippen LogP contribution is 2.24. The van der Waals surface area contributed by atoms with E-state index in [1.807, 2.05) is 63.2 Å². The van der Waals surface area contributed by atoms with Crippen molar-refractivity contribution in [3.05, 3.63) is 53.6 Å². The van der Waals surface area contributed by atoms with Gasteiger partial charge in [-0.25, -0.2) is 4.99 Å². The van der Waals surface area contributed by atoms with Crippen LogP contribution in [0.5, 0.6) is 11.5 Å². The van der Waals surface area contributed by atoms with Crippen molar-refractivity contribution in [3.8, 4) is 11.5 Å². The van der Waals surface area contributed by atoms with Crippen LogP contribution in [0.3, 0.4) is 0 Å². The second kappa shape index (κ2) is 11.7. The van der Waals surface area contributed by atoms with Crippen molar-refractivity contribution in [2.75, 3.05) is 26.1 Å². The molecule has 2 rings (SSSR count). The Morgan fingerprint density at radius 3 is 2.37 bits per heavy atom. The minimum absolute atomic E-state index is 0.00774. The molecule has 162 valence electrons. The zero-order chi connectivity index (χ0) is 21.9. The number of anilines is 1. The first-order valence-corrected chi connectivity index (χ1v) is 10.1. The van der Waals surface area contributed by atoms with E-state index in [4.69, 9.17) is 9.47 Å². The number of aliphatic imine (C=N–C) groups is 1. The van der Waals surface area contributed by atoms with E-state index >= 15 is 0 Å². The second-order valence-electron chi connectivity index (χ2n) is 7.07. The summed E-state index contributed by atoms with van der Waals surface area (Å²) in [4.78, 5) is 16.4. The molecule has 2 aromatic rings. The smallest absolute Gasteiger partial charge is 0.226 e. The Morgan fingerprint density at radius 1 is 1.03 bits per heavy atom. The fraction of sp³-hybridized carbons (Fsp3) is 0.391. The molecule has 3 N–H and O–H groups in total. The van der Waals surface area contributed by atoms with E-state index in [2.05, 4.69) is 20.9 Å². The highest BCUT2D eigenvalue weighted by atomic mass is 16.5. The molecule has 0 spiro atoms. The molecule has 1 amide bonds. The summed E-state index contributed by atoms with van der Waals surface area (Å²) >= 11 is 0. The van der Waals surface area contributed by atoms with Crippen LogP contribution in [0.1, 0.15) is 31.9 Å². The van der Waals surface area contributed by atoms with Gasteiger partial charge in [-0.05, 0) is 36.8 Å². The predicted molar refractivity (Wildman–Crippen MR) is 121 cm³/mol. The van der Waals surface area contributed by atoms with Crippen LogP contribution in [0.4, 0.5) is 5.69 Å². The van der Waals surface area contributed by atoms with Crippen LogP contribution < -0.4 is 25.4 Å². The summed E-state index contributed by atoms with van der Waals surface area (Å²) in [5, 5.41) is 9.47. The molecule has 0 aromatic heterocycles. The number of rotatable bonds is 9. The van der Waals surface area contributed by atoms with Crippen molar-refractivity contribution in [3.63, 3.8) is 0 Å². The number of carbonyl (C=O) groups excluding carboxylic acids is 1. The van der Waals surface area contributed by atoms with Gasteiger partial charge in [-0.2, -0.15) is 0 Å². The number of ether oxygens (including phenoxy) is 2. The molecule has 0 aliphatic rings. The maximum absolute atomic E-state index is 11.8. The molecule has 7 heteroatoms. The Balaban J connectivity index is 2.00. The van der Waals surface area contributed by atoms with Crippen LogP contribution in [0.2, 0.25) is 0 Å². The molecule has 0 aliphatic carbocycles. The number of nitrogens with one attached hydrogen (secondary N) is 3. The van der Waals surface area contributed by atoms with E-state index in [1.165, 1.54) is 0 Å². The molecule has 0 bridgehead atoms. The maximum Gasteiger partial charge on any atom is 0.226 e. The van der Waals surface area contributed by atoms with Gasteiger partial charge in [0.15, 0.2) is 5.96 Å². The molecule has 0 aliphatic heterocycles. The molecule has 0 unspecified atom stereocenters. The van der Waals surface area contributed by atoms with Gasteiger partial charge in [-0.3, -0.25) is 4.79 Å². The van der Waals surface area contributed by atoms with Crippen LogP contribution in [-0.2, 0) is 17.9 Å². The topological polar surface area (TPSA) is 84.0 Å². The van der Waals surface area contributed by atoms with Crippen molar-refractivity contribution >= 4 is 17.6 Å². The molecule has 30 heavy (non-hydrogen) atoms. The molecule has 0 heterocycles. The Morgan fingerprint density at radius 2 is 1.77 bits per heavy atom. The maximum atomic E-state index is 11.8. The van der Waals surface area contributed by atoms with Gasteiger partial charge in [0.25, 0.3) is 0 Å². The highest BCUT2D eigenvalue weighted by molar-refractivity contribution is 5.92. The number of guanidine groups is 1. The molecule has 2 aromatic carbocycles. The Labute approximate surface area is 178 Å². The van der Waals surface area contributed by atoms with E-state index < -0.39 is 0 Å². The fourth-order valence-corrected chi connectivity index (χ4v) is 2.67. The highest BCUT2D eigenvalue weighted by Gasteiger charge is 2.08. The largest absolute Gasteiger partial charge is 0.497 e. The number of nitrogens with zero attached hydrogens (tertiary/aromatic N) is 1. The Hall–Kier alpha value is -3.22. The van der Waals surface area contributed by atoms with Gasteiger partial charge in [0.05, 0.1) is 20.8 Å². The first-order chi connectivity index (χ1) is 14.5. The molecule has 0 atom stereocenters. The van der Waals surface area contributed by atoms with Gasteiger partial charge in [0, 0.05) is 36.3 Å². The molecule has 7 nitrogen and oxygen atoms in total. The molecular weight excluding hydrogens is 380 g/mol. The summed E-state index contributed by atoms with van der Waals surface area (Å²) in [5.74, 6) is 2.19. The van der Waals surface area contributed by atoms with Crippen molar-refractivity contribution in [1.82, 2.24) is 10.6 Å². The summed E-state index contributed by atoms with van der Waals surface area (Å²) in [5.41, 5.74) is 2.85. The summed E-state index contributed by atoms with van der Waals surface area (Å²) < 4.78 is 10.7. The van der Waals surface area contributed by atoms with E-state index in [0.29, 0.717) is 19.0 Å². The molecule has 0 saturated heterocycles. The van der Waals surface area contributed by atoms with Crippen molar-refractivity contribution in [2.24, 2.45) is 10.9 Å². The summed E-state index contributed by atoms with van der Waals surface area (Å²) in [6.45, 7) is 7.61. The van der Waals surface area contributed by atoms with Crippen molar-refractivity contribution in [1.29, 1.82) is 0 Å². The van der Waals surface area contributed by atoms with Crippen LogP contribution in [0.25, 0.3) is 0 Å². The normalized spacial score (nSPS) is 11.2. The Bertz CT molecular complexity index is 848. The van der Waals surface area contributed by atoms with Gasteiger partial charge < -0.3 is 25.4 Å². The quantitative estimate of drug-likeness (QED) is 0.433. The first kappa shape index (κ1) is 23.1. The molecule has 0 saturated carbocycles. The molecule has 0 fully saturated rings. The number of benzene rings is 2. The van der Waals surface area contributed by atoms with Crippen molar-refractivity contribution in [2.45, 2.75) is 33.9 Å². The monoisotopic (exact) mass is 412 g/mol. The summed E-state index contributed by atoms with van der Waals surface area (Å²) in [6, 6.07) is 13.5. The second-order valence-corrected chi connectivity index (χ2v) is 7.07. The number of methoxy groups -OCH3 is 2. The van der Waals surface area contributed by atoms with Gasteiger partial charge in [-0.15, -0.1) is 0 Å². The van der Waals surface area contributed by atoms with Gasteiger partial charge >= 0.3 is 0 Å². The van der Waals surface area contributed by atoms with Gasteiger partial charge in [-0.1, -0.05) is 26.0 Å². The van der Waals surface area contributed by atoms with Gasteiger partial charge in [0.2, 0.25) is 5.91 Å². The lowest BCUT2D eigenvalue weighted by Crippen LogP contribution is -2.36. The summed E-state index contributed by atoms with van der Waals surface area (Å²) in [6.07, 6.45) is 0. The third-order valence-electron chi connectivity index (χ3n) is 4.45.